The van der Waals surface area contributed by atoms with Gasteiger partial charge in [-0.15, -0.1) is 0 Å². The van der Waals surface area contributed by atoms with E-state index in [9.17, 15) is 9.59 Å². The third-order valence-corrected chi connectivity index (χ3v) is 4.36. The molecule has 0 spiro atoms. The van der Waals surface area contributed by atoms with E-state index < -0.39 is 5.97 Å². The molecule has 4 nitrogen and oxygen atoms in total. The van der Waals surface area contributed by atoms with Crippen molar-refractivity contribution in [2.24, 2.45) is 11.8 Å². The third-order valence-electron chi connectivity index (χ3n) is 4.36. The van der Waals surface area contributed by atoms with E-state index in [0.717, 1.165) is 37.2 Å². The Kier molecular flexibility index (Phi) is 4.99. The van der Waals surface area contributed by atoms with E-state index in [1.807, 2.05) is 7.05 Å². The topological polar surface area (TPSA) is 57.6 Å². The van der Waals surface area contributed by atoms with Crippen molar-refractivity contribution < 1.29 is 14.7 Å². The lowest BCUT2D eigenvalue weighted by Crippen LogP contribution is -2.34. The first-order valence-corrected chi connectivity index (χ1v) is 7.54. The van der Waals surface area contributed by atoms with Crippen LogP contribution in [0, 0.1) is 11.8 Å². The van der Waals surface area contributed by atoms with E-state index >= 15 is 0 Å². The Hall–Kier alpha value is -1.84. The van der Waals surface area contributed by atoms with Crippen LogP contribution in [0.2, 0.25) is 0 Å². The number of rotatable bonds is 4. The minimum atomic E-state index is -0.928. The average molecular weight is 289 g/mol. The molecule has 0 radical (unpaired) electrons. The molecular formula is C17H23NO3. The van der Waals surface area contributed by atoms with Gasteiger partial charge in [-0.1, -0.05) is 19.1 Å². The molecule has 1 N–H and O–H groups in total. The summed E-state index contributed by atoms with van der Waals surface area (Å²) in [6, 6.07) is 6.71. The lowest BCUT2D eigenvalue weighted by atomic mass is 9.82. The Morgan fingerprint density at radius 3 is 2.24 bits per heavy atom. The zero-order valence-corrected chi connectivity index (χ0v) is 12.7. The maximum atomic E-state index is 12.4. The van der Waals surface area contributed by atoms with Gasteiger partial charge in [-0.2, -0.15) is 0 Å². The summed E-state index contributed by atoms with van der Waals surface area (Å²) in [5, 5.41) is 8.87. The molecule has 1 aromatic carbocycles. The fraction of sp³-hybridized carbons (Fsp3) is 0.529. The molecule has 0 bridgehead atoms. The molecule has 1 saturated carbocycles. The molecule has 21 heavy (non-hydrogen) atoms. The van der Waals surface area contributed by atoms with Crippen LogP contribution < -0.4 is 0 Å². The summed E-state index contributed by atoms with van der Waals surface area (Å²) in [7, 11) is 1.82. The number of amides is 1. The average Bonchev–Trinajstić information content (AvgIpc) is 2.47. The largest absolute Gasteiger partial charge is 0.478 e. The van der Waals surface area contributed by atoms with Crippen LogP contribution in [0.15, 0.2) is 24.3 Å². The number of nitrogens with zero attached hydrogens (tertiary/aromatic N) is 1. The molecule has 1 fully saturated rings. The van der Waals surface area contributed by atoms with Crippen molar-refractivity contribution in [3.8, 4) is 0 Å². The first-order chi connectivity index (χ1) is 9.97. The van der Waals surface area contributed by atoms with Gasteiger partial charge in [0, 0.05) is 19.5 Å². The Morgan fingerprint density at radius 2 is 1.71 bits per heavy atom. The highest BCUT2D eigenvalue weighted by Gasteiger charge is 2.26. The lowest BCUT2D eigenvalue weighted by molar-refractivity contribution is -0.136. The van der Waals surface area contributed by atoms with Gasteiger partial charge in [0.05, 0.1) is 5.56 Å². The first kappa shape index (κ1) is 15.5. The zero-order valence-electron chi connectivity index (χ0n) is 12.7. The molecular weight excluding hydrogens is 266 g/mol. The molecule has 0 heterocycles. The van der Waals surface area contributed by atoms with Gasteiger partial charge in [0.25, 0.3) is 0 Å². The number of hydrogen-bond acceptors (Lipinski definition) is 2. The quantitative estimate of drug-likeness (QED) is 0.926. The second-order valence-corrected chi connectivity index (χ2v) is 6.15. The molecule has 4 heteroatoms. The van der Waals surface area contributed by atoms with Gasteiger partial charge in [-0.05, 0) is 49.3 Å². The summed E-state index contributed by atoms with van der Waals surface area (Å²) >= 11 is 0. The van der Waals surface area contributed by atoms with Gasteiger partial charge in [0.1, 0.15) is 0 Å². The summed E-state index contributed by atoms with van der Waals surface area (Å²) in [6.45, 7) is 2.78. The second kappa shape index (κ2) is 6.74. The molecule has 1 aliphatic rings. The van der Waals surface area contributed by atoms with Gasteiger partial charge in [-0.25, -0.2) is 4.79 Å². The van der Waals surface area contributed by atoms with Crippen LogP contribution in [0.4, 0.5) is 0 Å². The van der Waals surface area contributed by atoms with Crippen LogP contribution in [0.25, 0.3) is 0 Å². The molecule has 1 aromatic rings. The van der Waals surface area contributed by atoms with Crippen LogP contribution in [-0.2, 0) is 11.3 Å². The number of carbonyl (C=O) groups excluding carboxylic acids is 1. The molecule has 114 valence electrons. The highest BCUT2D eigenvalue weighted by molar-refractivity contribution is 5.87. The smallest absolute Gasteiger partial charge is 0.335 e. The minimum Gasteiger partial charge on any atom is -0.478 e. The number of carboxylic acid groups (broad SMARTS) is 1. The van der Waals surface area contributed by atoms with Crippen LogP contribution in [0.5, 0.6) is 0 Å². The molecule has 2 rings (SSSR count). The zero-order chi connectivity index (χ0) is 15.4. The van der Waals surface area contributed by atoms with E-state index in [4.69, 9.17) is 5.11 Å². The third kappa shape index (κ3) is 4.06. The van der Waals surface area contributed by atoms with Crippen LogP contribution in [-0.4, -0.2) is 28.9 Å². The maximum absolute atomic E-state index is 12.4. The summed E-state index contributed by atoms with van der Waals surface area (Å²) in [5.74, 6) is 0.180. The van der Waals surface area contributed by atoms with E-state index in [1.54, 1.807) is 29.2 Å². The fourth-order valence-corrected chi connectivity index (χ4v) is 2.92. The fourth-order valence-electron chi connectivity index (χ4n) is 2.92. The monoisotopic (exact) mass is 289 g/mol. The SMILES string of the molecule is CC1CCC(C(=O)N(C)Cc2ccc(C(=O)O)cc2)CC1. The van der Waals surface area contributed by atoms with E-state index in [-0.39, 0.29) is 17.4 Å². The van der Waals surface area contributed by atoms with E-state index in [1.165, 1.54) is 0 Å². The molecule has 0 unspecified atom stereocenters. The first-order valence-electron chi connectivity index (χ1n) is 7.54. The predicted octanol–water partition coefficient (Wildman–Crippen LogP) is 3.17. The second-order valence-electron chi connectivity index (χ2n) is 6.15. The molecule has 0 aromatic heterocycles. The molecule has 0 saturated heterocycles. The van der Waals surface area contributed by atoms with Crippen LogP contribution in [0.1, 0.15) is 48.5 Å². The molecule has 1 aliphatic carbocycles. The Morgan fingerprint density at radius 1 is 1.14 bits per heavy atom. The van der Waals surface area contributed by atoms with Gasteiger partial charge in [0.15, 0.2) is 0 Å². The number of hydrogen-bond donors (Lipinski definition) is 1. The Bertz CT molecular complexity index is 501. The summed E-state index contributed by atoms with van der Waals surface area (Å²) in [6.07, 6.45) is 4.25. The van der Waals surface area contributed by atoms with Gasteiger partial charge < -0.3 is 10.0 Å². The van der Waals surface area contributed by atoms with Crippen molar-refractivity contribution in [1.29, 1.82) is 0 Å². The molecule has 0 atom stereocenters. The highest BCUT2D eigenvalue weighted by Crippen LogP contribution is 2.29. The molecule has 1 amide bonds. The number of carbonyl (C=O) groups is 2. The number of aromatic carboxylic acids is 1. The van der Waals surface area contributed by atoms with Crippen LogP contribution >= 0.6 is 0 Å². The van der Waals surface area contributed by atoms with E-state index in [0.29, 0.717) is 6.54 Å². The summed E-state index contributed by atoms with van der Waals surface area (Å²) < 4.78 is 0. The number of benzene rings is 1. The van der Waals surface area contributed by atoms with Gasteiger partial charge in [0.2, 0.25) is 5.91 Å². The standard InChI is InChI=1S/C17H23NO3/c1-12-3-7-14(8-4-12)16(19)18(2)11-13-5-9-15(10-6-13)17(20)21/h5-6,9-10,12,14H,3-4,7-8,11H2,1-2H3,(H,20,21). The predicted molar refractivity (Wildman–Crippen MR) is 81.0 cm³/mol. The van der Waals surface area contributed by atoms with Crippen molar-refractivity contribution in [1.82, 2.24) is 4.90 Å². The Labute approximate surface area is 125 Å². The summed E-state index contributed by atoms with van der Waals surface area (Å²) in [5.41, 5.74) is 1.23. The Balaban J connectivity index is 1.92. The van der Waals surface area contributed by atoms with Crippen molar-refractivity contribution in [2.45, 2.75) is 39.2 Å². The maximum Gasteiger partial charge on any atom is 0.335 e. The number of carboxylic acids is 1. The lowest BCUT2D eigenvalue weighted by Gasteiger charge is -2.29. The van der Waals surface area contributed by atoms with Gasteiger partial charge in [-0.3, -0.25) is 4.79 Å². The molecule has 0 aliphatic heterocycles. The van der Waals surface area contributed by atoms with Crippen molar-refractivity contribution in [2.75, 3.05) is 7.05 Å². The highest BCUT2D eigenvalue weighted by atomic mass is 16.4. The van der Waals surface area contributed by atoms with Crippen molar-refractivity contribution in [3.63, 3.8) is 0 Å². The van der Waals surface area contributed by atoms with E-state index in [2.05, 4.69) is 6.92 Å². The van der Waals surface area contributed by atoms with Crippen molar-refractivity contribution in [3.05, 3.63) is 35.4 Å². The van der Waals surface area contributed by atoms with Crippen molar-refractivity contribution >= 4 is 11.9 Å². The normalized spacial score (nSPS) is 21.8. The summed E-state index contributed by atoms with van der Waals surface area (Å²) in [4.78, 5) is 25.0. The minimum absolute atomic E-state index is 0.157. The van der Waals surface area contributed by atoms with Crippen LogP contribution in [0.3, 0.4) is 0 Å². The van der Waals surface area contributed by atoms with Gasteiger partial charge >= 0.3 is 5.97 Å².